The molecule has 0 N–H and O–H groups in total. The molecule has 7 heteroatoms. The minimum atomic E-state index is -0.889. The van der Waals surface area contributed by atoms with Crippen LogP contribution < -0.4 is 0 Å². The van der Waals surface area contributed by atoms with Gasteiger partial charge < -0.3 is 9.47 Å². The van der Waals surface area contributed by atoms with Crippen molar-refractivity contribution in [2.45, 2.75) is 46.1 Å². The fourth-order valence-corrected chi connectivity index (χ4v) is 1.63. The smallest absolute Gasteiger partial charge is 0.448 e. The zero-order valence-electron chi connectivity index (χ0n) is 13.8. The molecule has 7 nitrogen and oxygen atoms in total. The van der Waals surface area contributed by atoms with Gasteiger partial charge in [0.1, 0.15) is 12.2 Å². The summed E-state index contributed by atoms with van der Waals surface area (Å²) in [4.78, 5) is 32.7. The Balaban J connectivity index is 2.29. The number of methoxy groups -OCH3 is 1. The molecule has 0 fully saturated rings. The van der Waals surface area contributed by atoms with E-state index >= 15 is 0 Å². The molecule has 0 aromatic heterocycles. The van der Waals surface area contributed by atoms with E-state index in [2.05, 4.69) is 4.89 Å². The van der Waals surface area contributed by atoms with Crippen LogP contribution in [0.3, 0.4) is 0 Å². The van der Waals surface area contributed by atoms with Crippen molar-refractivity contribution in [2.24, 2.45) is 0 Å². The molecule has 0 aliphatic carbocycles. The Hall–Kier alpha value is -1.89. The number of carbonyl (C=O) groups is 2. The fraction of sp³-hybridized carbons (Fsp3) is 0.667. The van der Waals surface area contributed by atoms with Crippen molar-refractivity contribution in [2.75, 3.05) is 20.3 Å². The number of hydrogen-bond donors (Lipinski definition) is 0. The molecule has 0 saturated heterocycles. The number of rotatable bonds is 7. The maximum Gasteiger partial charge on any atom is 0.540 e. The van der Waals surface area contributed by atoms with Crippen LogP contribution in [0.5, 0.6) is 0 Å². The van der Waals surface area contributed by atoms with E-state index in [0.717, 1.165) is 0 Å². The topological polar surface area (TPSA) is 74.1 Å². The standard InChI is InChI=1S/C15H24NO6/c1-6-15(3,4)22-21-14(18)20-9-7-8-16-12(19-5)10-11(2)13(16)17/h10H,6-9H2,1-5H3/q+1. The number of hydrogen-bond acceptors (Lipinski definition) is 6. The first-order chi connectivity index (χ1) is 10.3. The lowest BCUT2D eigenvalue weighted by molar-refractivity contribution is -0.451. The van der Waals surface area contributed by atoms with Gasteiger partial charge in [0.25, 0.3) is 0 Å². The van der Waals surface area contributed by atoms with Crippen LogP contribution in [0.25, 0.3) is 0 Å². The minimum Gasteiger partial charge on any atom is -0.448 e. The molecule has 0 bridgehead atoms. The molecule has 0 saturated carbocycles. The first-order valence-corrected chi connectivity index (χ1v) is 7.24. The van der Waals surface area contributed by atoms with Crippen molar-refractivity contribution in [3.8, 4) is 0 Å². The molecule has 0 unspecified atom stereocenters. The first kappa shape index (κ1) is 18.2. The van der Waals surface area contributed by atoms with Gasteiger partial charge >= 0.3 is 18.0 Å². The van der Waals surface area contributed by atoms with E-state index in [1.165, 1.54) is 11.7 Å². The second-order valence-corrected chi connectivity index (χ2v) is 5.56. The fourth-order valence-electron chi connectivity index (χ4n) is 1.63. The lowest BCUT2D eigenvalue weighted by atomic mass is 10.1. The molecule has 1 aliphatic rings. The maximum atomic E-state index is 11.9. The molecule has 1 amide bonds. The minimum absolute atomic E-state index is 0.104. The summed E-state index contributed by atoms with van der Waals surface area (Å²) in [6, 6.07) is 0. The molecule has 22 heavy (non-hydrogen) atoms. The summed E-state index contributed by atoms with van der Waals surface area (Å²) in [7, 11) is 1.51. The van der Waals surface area contributed by atoms with Crippen molar-refractivity contribution < 1.29 is 33.4 Å². The second kappa shape index (κ2) is 7.93. The third-order valence-corrected chi connectivity index (χ3v) is 3.33. The highest BCUT2D eigenvalue weighted by Gasteiger charge is 2.32. The van der Waals surface area contributed by atoms with E-state index in [-0.39, 0.29) is 12.5 Å². The molecule has 0 radical (unpaired) electrons. The van der Waals surface area contributed by atoms with Gasteiger partial charge in [0, 0.05) is 6.42 Å². The predicted molar refractivity (Wildman–Crippen MR) is 78.4 cm³/mol. The molecule has 1 heterocycles. The molecule has 124 valence electrons. The summed E-state index contributed by atoms with van der Waals surface area (Å²) in [5, 5.41) is 0. The Labute approximate surface area is 130 Å². The number of carbonyl (C=O) groups excluding carboxylic acids is 2. The number of nitrogens with zero attached hydrogens (tertiary/aromatic N) is 1. The summed E-state index contributed by atoms with van der Waals surface area (Å²) < 4.78 is 11.5. The third-order valence-electron chi connectivity index (χ3n) is 3.33. The zero-order valence-corrected chi connectivity index (χ0v) is 13.8. The maximum absolute atomic E-state index is 11.9. The van der Waals surface area contributed by atoms with Gasteiger partial charge in [-0.1, -0.05) is 6.92 Å². The Bertz CT molecular complexity index is 492. The summed E-state index contributed by atoms with van der Waals surface area (Å²) in [5.74, 6) is 0.394. The Morgan fingerprint density at radius 2 is 2.05 bits per heavy atom. The van der Waals surface area contributed by atoms with Crippen molar-refractivity contribution in [3.63, 3.8) is 0 Å². The molecule has 0 aromatic carbocycles. The molecular formula is C15H24NO6+. The molecule has 1 aliphatic heterocycles. The van der Waals surface area contributed by atoms with E-state index in [1.807, 2.05) is 6.92 Å². The average Bonchev–Trinajstić information content (AvgIpc) is 2.77. The van der Waals surface area contributed by atoms with Crippen LogP contribution in [0.1, 0.15) is 40.5 Å². The van der Waals surface area contributed by atoms with Gasteiger partial charge in [-0.2, -0.15) is 4.89 Å². The SMILES string of the molecule is CCC(C)(C)OOC(=O)OCCC[N+]1=C(OC)C=C(C)C1=O. The van der Waals surface area contributed by atoms with E-state index in [9.17, 15) is 9.59 Å². The van der Waals surface area contributed by atoms with Gasteiger partial charge in [-0.25, -0.2) is 9.59 Å². The molecule has 0 atom stereocenters. The molecule has 0 spiro atoms. The van der Waals surface area contributed by atoms with E-state index < -0.39 is 11.8 Å². The largest absolute Gasteiger partial charge is 0.540 e. The zero-order chi connectivity index (χ0) is 16.8. The van der Waals surface area contributed by atoms with Crippen molar-refractivity contribution in [3.05, 3.63) is 11.6 Å². The Morgan fingerprint density at radius 3 is 2.64 bits per heavy atom. The van der Waals surface area contributed by atoms with Crippen LogP contribution in [-0.4, -0.2) is 48.4 Å². The number of ether oxygens (including phenoxy) is 2. The monoisotopic (exact) mass is 314 g/mol. The Morgan fingerprint density at radius 1 is 1.36 bits per heavy atom. The van der Waals surface area contributed by atoms with Crippen LogP contribution in [0.2, 0.25) is 0 Å². The van der Waals surface area contributed by atoms with Gasteiger partial charge in [0.05, 0.1) is 18.8 Å². The predicted octanol–water partition coefficient (Wildman–Crippen LogP) is 2.19. The first-order valence-electron chi connectivity index (χ1n) is 7.24. The van der Waals surface area contributed by atoms with Crippen molar-refractivity contribution >= 4 is 18.0 Å². The average molecular weight is 314 g/mol. The van der Waals surface area contributed by atoms with Crippen molar-refractivity contribution in [1.82, 2.24) is 0 Å². The summed E-state index contributed by atoms with van der Waals surface area (Å²) in [6.45, 7) is 7.76. The molecule has 0 aromatic rings. The number of amides is 1. The lowest BCUT2D eigenvalue weighted by Gasteiger charge is -2.19. The van der Waals surface area contributed by atoms with Gasteiger partial charge in [-0.05, 0) is 27.2 Å². The van der Waals surface area contributed by atoms with E-state index in [1.54, 1.807) is 26.8 Å². The quantitative estimate of drug-likeness (QED) is 0.236. The third kappa shape index (κ3) is 5.14. The summed E-state index contributed by atoms with van der Waals surface area (Å²) in [6.07, 6.45) is 1.95. The molecule has 1 rings (SSSR count). The van der Waals surface area contributed by atoms with Gasteiger partial charge in [-0.15, -0.1) is 4.58 Å². The lowest BCUT2D eigenvalue weighted by Crippen LogP contribution is -2.27. The van der Waals surface area contributed by atoms with Crippen LogP contribution in [0.15, 0.2) is 11.6 Å². The highest BCUT2D eigenvalue weighted by Crippen LogP contribution is 2.14. The van der Waals surface area contributed by atoms with E-state index in [4.69, 9.17) is 14.4 Å². The van der Waals surface area contributed by atoms with E-state index in [0.29, 0.717) is 30.9 Å². The summed E-state index contributed by atoms with van der Waals surface area (Å²) in [5.41, 5.74) is 0.0688. The molecular weight excluding hydrogens is 290 g/mol. The van der Waals surface area contributed by atoms with Crippen LogP contribution in [-0.2, 0) is 24.0 Å². The normalized spacial score (nSPS) is 15.0. The van der Waals surface area contributed by atoms with Gasteiger partial charge in [0.15, 0.2) is 6.54 Å². The summed E-state index contributed by atoms with van der Waals surface area (Å²) >= 11 is 0. The highest BCUT2D eigenvalue weighted by molar-refractivity contribution is 6.03. The van der Waals surface area contributed by atoms with Crippen molar-refractivity contribution in [1.29, 1.82) is 0 Å². The second-order valence-electron chi connectivity index (χ2n) is 5.56. The Kier molecular flexibility index (Phi) is 6.55. The van der Waals surface area contributed by atoms with Crippen LogP contribution in [0.4, 0.5) is 4.79 Å². The van der Waals surface area contributed by atoms with Gasteiger partial charge in [-0.3, -0.25) is 4.89 Å². The van der Waals surface area contributed by atoms with Crippen LogP contribution >= 0.6 is 0 Å². The highest BCUT2D eigenvalue weighted by atomic mass is 17.2. The van der Waals surface area contributed by atoms with Crippen LogP contribution in [0, 0.1) is 0 Å². The van der Waals surface area contributed by atoms with Gasteiger partial charge in [0.2, 0.25) is 0 Å².